The Balaban J connectivity index is 0.00000380. The molecule has 13 heteroatoms. The molecule has 0 aliphatic heterocycles. The molecule has 1 aromatic heterocycles. The van der Waals surface area contributed by atoms with Crippen LogP contribution in [0.1, 0.15) is 36.9 Å². The van der Waals surface area contributed by atoms with Crippen molar-refractivity contribution < 1.29 is 54.8 Å². The number of amides is 1. The van der Waals surface area contributed by atoms with Crippen molar-refractivity contribution in [1.29, 1.82) is 0 Å². The third-order valence-corrected chi connectivity index (χ3v) is 6.22. The SMILES string of the molecule is O=C(O)CN(CC(=O)Nc1cccc(C(F)(F)F)c1)C1CCCC[C@@H]1N(CC(=O)O)Cc1ccccn1.[CH3-].[Fe+3]. The Hall–Kier alpha value is -2.99. The number of nitrogens with one attached hydrogen (secondary N) is 1. The average Bonchev–Trinajstić information content (AvgIpc) is 2.83. The monoisotopic (exact) mass is 593 g/mol. The van der Waals surface area contributed by atoms with Gasteiger partial charge in [0.25, 0.3) is 0 Å². The summed E-state index contributed by atoms with van der Waals surface area (Å²) in [5.74, 6) is -2.89. The molecule has 3 N–H and O–H groups in total. The van der Waals surface area contributed by atoms with Gasteiger partial charge in [0.05, 0.1) is 30.9 Å². The fourth-order valence-corrected chi connectivity index (χ4v) is 4.73. The first-order chi connectivity index (χ1) is 17.5. The number of carbonyl (C=O) groups is 3. The van der Waals surface area contributed by atoms with E-state index in [4.69, 9.17) is 0 Å². The van der Waals surface area contributed by atoms with Gasteiger partial charge in [-0.3, -0.25) is 29.2 Å². The summed E-state index contributed by atoms with van der Waals surface area (Å²) in [6.45, 7) is -0.934. The molecule has 1 amide bonds. The summed E-state index contributed by atoms with van der Waals surface area (Å²) in [6, 6.07) is 8.66. The van der Waals surface area contributed by atoms with Crippen molar-refractivity contribution in [3.63, 3.8) is 0 Å². The average molecular weight is 593 g/mol. The molecular weight excluding hydrogens is 561 g/mol. The van der Waals surface area contributed by atoms with E-state index in [0.29, 0.717) is 18.5 Å². The van der Waals surface area contributed by atoms with Gasteiger partial charge in [0.1, 0.15) is 0 Å². The molecule has 1 radical (unpaired) electrons. The van der Waals surface area contributed by atoms with Crippen LogP contribution in [0.2, 0.25) is 0 Å². The molecule has 1 fully saturated rings. The molecule has 39 heavy (non-hydrogen) atoms. The van der Waals surface area contributed by atoms with Crippen LogP contribution in [0.15, 0.2) is 48.7 Å². The minimum atomic E-state index is -4.58. The summed E-state index contributed by atoms with van der Waals surface area (Å²) in [4.78, 5) is 43.6. The van der Waals surface area contributed by atoms with E-state index in [0.717, 1.165) is 25.0 Å². The molecule has 0 bridgehead atoms. The molecule has 9 nitrogen and oxygen atoms in total. The van der Waals surface area contributed by atoms with Gasteiger partial charge in [-0.25, -0.2) is 0 Å². The van der Waals surface area contributed by atoms with E-state index in [1.165, 1.54) is 17.0 Å². The van der Waals surface area contributed by atoms with Crippen LogP contribution in [-0.4, -0.2) is 74.6 Å². The number of aromatic nitrogens is 1. The van der Waals surface area contributed by atoms with E-state index in [-0.39, 0.29) is 55.9 Å². The smallest absolute Gasteiger partial charge is 0.480 e. The van der Waals surface area contributed by atoms with Crippen molar-refractivity contribution >= 4 is 23.5 Å². The third kappa shape index (κ3) is 10.6. The summed E-state index contributed by atoms with van der Waals surface area (Å²) >= 11 is 0. The number of carbonyl (C=O) groups excluding carboxylic acids is 1. The predicted molar refractivity (Wildman–Crippen MR) is 134 cm³/mol. The Kier molecular flexibility index (Phi) is 13.6. The van der Waals surface area contributed by atoms with Gasteiger partial charge < -0.3 is 23.0 Å². The number of pyridine rings is 1. The second kappa shape index (κ2) is 15.6. The van der Waals surface area contributed by atoms with E-state index < -0.39 is 42.2 Å². The predicted octanol–water partition coefficient (Wildman–Crippen LogP) is 3.77. The number of nitrogens with zero attached hydrogens (tertiary/aromatic N) is 3. The van der Waals surface area contributed by atoms with E-state index in [1.807, 2.05) is 0 Å². The molecule has 2 aromatic rings. The van der Waals surface area contributed by atoms with Gasteiger partial charge in [-0.05, 0) is 43.2 Å². The largest absolute Gasteiger partial charge is 3.00 e. The number of hydrogen-bond acceptors (Lipinski definition) is 6. The Morgan fingerprint density at radius 2 is 1.54 bits per heavy atom. The maximum atomic E-state index is 13.0. The number of aliphatic carboxylic acids is 2. The number of benzene rings is 1. The van der Waals surface area contributed by atoms with E-state index in [9.17, 15) is 37.8 Å². The van der Waals surface area contributed by atoms with Gasteiger partial charge in [-0.15, -0.1) is 0 Å². The van der Waals surface area contributed by atoms with Gasteiger partial charge in [0, 0.05) is 30.5 Å². The fourth-order valence-electron chi connectivity index (χ4n) is 4.73. The molecule has 1 aliphatic rings. The van der Waals surface area contributed by atoms with E-state index in [1.54, 1.807) is 29.3 Å². The first-order valence-corrected chi connectivity index (χ1v) is 11.8. The van der Waals surface area contributed by atoms with E-state index in [2.05, 4.69) is 10.3 Å². The quantitative estimate of drug-likeness (QED) is 0.266. The Labute approximate surface area is 235 Å². The van der Waals surface area contributed by atoms with Crippen molar-refractivity contribution in [3.05, 3.63) is 67.3 Å². The van der Waals surface area contributed by atoms with Crippen LogP contribution in [0, 0.1) is 7.43 Å². The molecule has 1 aromatic carbocycles. The number of anilines is 1. The number of hydrogen-bond donors (Lipinski definition) is 3. The van der Waals surface area contributed by atoms with Crippen LogP contribution in [0.4, 0.5) is 18.9 Å². The van der Waals surface area contributed by atoms with Gasteiger partial charge in [-0.2, -0.15) is 13.2 Å². The van der Waals surface area contributed by atoms with Crippen molar-refractivity contribution in [3.8, 4) is 0 Å². The van der Waals surface area contributed by atoms with Crippen LogP contribution in [0.3, 0.4) is 0 Å². The topological polar surface area (TPSA) is 123 Å². The van der Waals surface area contributed by atoms with Crippen molar-refractivity contribution in [2.24, 2.45) is 0 Å². The Bertz CT molecular complexity index is 1090. The van der Waals surface area contributed by atoms with Crippen LogP contribution in [0.25, 0.3) is 0 Å². The number of alkyl halides is 3. The fraction of sp³-hybridized carbons (Fsp3) is 0.423. The molecule has 1 heterocycles. The van der Waals surface area contributed by atoms with Gasteiger partial charge in [0.15, 0.2) is 0 Å². The van der Waals surface area contributed by atoms with Crippen molar-refractivity contribution in [1.82, 2.24) is 14.8 Å². The van der Waals surface area contributed by atoms with Crippen LogP contribution >= 0.6 is 0 Å². The standard InChI is InChI=1S/C25H29F3N4O5.CH3.Fe/c26-25(27,28)17-6-5-8-18(12-17)30-22(33)14-32(16-24(36)37)21-10-2-1-9-20(21)31(15-23(34)35)13-19-7-3-4-11-29-19;;/h3-8,11-12,20-21H,1-2,9-10,13-16H2,(H,30,33)(H,34,35)(H,36,37);1H3;/q;-1;+3/t20-,21?;;/m0../s1. The van der Waals surface area contributed by atoms with Crippen molar-refractivity contribution in [2.75, 3.05) is 25.0 Å². The van der Waals surface area contributed by atoms with Crippen LogP contribution < -0.4 is 5.32 Å². The van der Waals surface area contributed by atoms with Gasteiger partial charge >= 0.3 is 35.2 Å². The molecule has 213 valence electrons. The second-order valence-corrected chi connectivity index (χ2v) is 8.96. The maximum absolute atomic E-state index is 13.0. The van der Waals surface area contributed by atoms with Crippen LogP contribution in [0.5, 0.6) is 0 Å². The van der Waals surface area contributed by atoms with Crippen molar-refractivity contribution in [2.45, 2.75) is 50.5 Å². The summed E-state index contributed by atoms with van der Waals surface area (Å²) < 4.78 is 39.1. The minimum absolute atomic E-state index is 0. The summed E-state index contributed by atoms with van der Waals surface area (Å²) in [6.07, 6.45) is -0.286. The third-order valence-electron chi connectivity index (χ3n) is 6.22. The Morgan fingerprint density at radius 1 is 0.923 bits per heavy atom. The zero-order valence-corrected chi connectivity index (χ0v) is 22.5. The molecule has 1 aliphatic carbocycles. The van der Waals surface area contributed by atoms with E-state index >= 15 is 0 Å². The molecular formula is C26H32F3FeN4O5+2. The van der Waals surface area contributed by atoms with Gasteiger partial charge in [-0.1, -0.05) is 25.0 Å². The summed E-state index contributed by atoms with van der Waals surface area (Å²) in [5.41, 5.74) is -0.322. The summed E-state index contributed by atoms with van der Waals surface area (Å²) in [5, 5.41) is 21.5. The zero-order chi connectivity index (χ0) is 27.0. The molecule has 1 saturated carbocycles. The number of carboxylic acids is 2. The summed E-state index contributed by atoms with van der Waals surface area (Å²) in [7, 11) is 0. The molecule has 1 unspecified atom stereocenters. The number of halogens is 3. The molecule has 0 saturated heterocycles. The second-order valence-electron chi connectivity index (χ2n) is 8.96. The Morgan fingerprint density at radius 3 is 2.10 bits per heavy atom. The maximum Gasteiger partial charge on any atom is 3.00 e. The molecule has 2 atom stereocenters. The minimum Gasteiger partial charge on any atom is -0.480 e. The zero-order valence-electron chi connectivity index (χ0n) is 21.4. The molecule has 3 rings (SSSR count). The molecule has 0 spiro atoms. The first kappa shape index (κ1) is 34.0. The number of carboxylic acid groups (broad SMARTS) is 2. The van der Waals surface area contributed by atoms with Gasteiger partial charge in [0.2, 0.25) is 5.91 Å². The normalized spacial score (nSPS) is 17.2. The number of rotatable bonds is 11. The van der Waals surface area contributed by atoms with Crippen LogP contribution in [-0.2, 0) is 44.2 Å². The first-order valence-electron chi connectivity index (χ1n) is 11.8.